The highest BCUT2D eigenvalue weighted by atomic mass is 16.5. The van der Waals surface area contributed by atoms with E-state index < -0.39 is 0 Å². The van der Waals surface area contributed by atoms with E-state index in [1.807, 2.05) is 6.92 Å². The predicted molar refractivity (Wildman–Crippen MR) is 63.9 cm³/mol. The van der Waals surface area contributed by atoms with Crippen molar-refractivity contribution >= 4 is 11.7 Å². The Morgan fingerprint density at radius 2 is 1.75 bits per heavy atom. The quantitative estimate of drug-likeness (QED) is 0.356. The summed E-state index contributed by atoms with van der Waals surface area (Å²) in [6.45, 7) is 5.48. The third-order valence-electron chi connectivity index (χ3n) is 2.04. The fourth-order valence-electron chi connectivity index (χ4n) is 1.05. The molecule has 0 aromatic rings. The Labute approximate surface area is 97.8 Å². The van der Waals surface area contributed by atoms with Crippen LogP contribution in [0.1, 0.15) is 46.0 Å². The average molecular weight is 229 g/mol. The first-order chi connectivity index (χ1) is 7.70. The molecule has 0 rings (SSSR count). The summed E-state index contributed by atoms with van der Waals surface area (Å²) in [6, 6.07) is 0. The molecule has 0 aromatic carbocycles. The van der Waals surface area contributed by atoms with Gasteiger partial charge < -0.3 is 14.9 Å². The predicted octanol–water partition coefficient (Wildman–Crippen LogP) is 2.56. The zero-order chi connectivity index (χ0) is 12.2. The van der Waals surface area contributed by atoms with Gasteiger partial charge in [-0.15, -0.1) is 0 Å². The van der Waals surface area contributed by atoms with E-state index in [2.05, 4.69) is 6.92 Å². The summed E-state index contributed by atoms with van der Waals surface area (Å²) in [7, 11) is 0. The molecule has 16 heavy (non-hydrogen) atoms. The smallest absolute Gasteiger partial charge is 0.311 e. The summed E-state index contributed by atoms with van der Waals surface area (Å²) < 4.78 is 10.2. The molecule has 0 radical (unpaired) electrons. The van der Waals surface area contributed by atoms with Gasteiger partial charge in [0.15, 0.2) is 0 Å². The average Bonchev–Trinajstić information content (AvgIpc) is 2.25. The number of rotatable bonds is 10. The highest BCUT2D eigenvalue weighted by molar-refractivity contribution is 5.97. The van der Waals surface area contributed by atoms with Crippen LogP contribution in [0.4, 0.5) is 0 Å². The number of hydrogen-bond donors (Lipinski definition) is 1. The van der Waals surface area contributed by atoms with Crippen LogP contribution in [0.5, 0.6) is 0 Å². The Kier molecular flexibility index (Phi) is 10.0. The van der Waals surface area contributed by atoms with Crippen LogP contribution in [-0.2, 0) is 14.3 Å². The van der Waals surface area contributed by atoms with Gasteiger partial charge in [-0.3, -0.25) is 4.79 Å². The number of unbranched alkanes of at least 4 members (excludes halogenated alkanes) is 2. The maximum atomic E-state index is 11.2. The zero-order valence-electron chi connectivity index (χ0n) is 10.4. The minimum atomic E-state index is -0.322. The second-order valence-electron chi connectivity index (χ2n) is 3.76. The molecular weight excluding hydrogens is 206 g/mol. The maximum absolute atomic E-state index is 11.2. The van der Waals surface area contributed by atoms with Gasteiger partial charge in [-0.25, -0.2) is 0 Å². The van der Waals surface area contributed by atoms with E-state index >= 15 is 0 Å². The summed E-state index contributed by atoms with van der Waals surface area (Å²) in [5.74, 6) is -0.322. The van der Waals surface area contributed by atoms with Crippen LogP contribution in [0, 0.1) is 5.41 Å². The lowest BCUT2D eigenvalue weighted by Crippen LogP contribution is -2.16. The normalized spacial score (nSPS) is 10.1. The molecule has 0 saturated carbocycles. The van der Waals surface area contributed by atoms with Crippen molar-refractivity contribution in [1.29, 1.82) is 5.41 Å². The van der Waals surface area contributed by atoms with Crippen LogP contribution in [0.25, 0.3) is 0 Å². The Morgan fingerprint density at radius 1 is 1.12 bits per heavy atom. The maximum Gasteiger partial charge on any atom is 0.311 e. The van der Waals surface area contributed by atoms with Crippen molar-refractivity contribution in [3.05, 3.63) is 0 Å². The molecule has 0 aliphatic heterocycles. The number of carbonyl (C=O) groups excluding carboxylic acids is 1. The minimum Gasteiger partial charge on any atom is -0.465 e. The van der Waals surface area contributed by atoms with Gasteiger partial charge in [0.05, 0.1) is 19.6 Å². The lowest BCUT2D eigenvalue weighted by atomic mass is 10.3. The molecule has 0 heterocycles. The largest absolute Gasteiger partial charge is 0.465 e. The lowest BCUT2D eigenvalue weighted by Gasteiger charge is -2.06. The van der Waals surface area contributed by atoms with Crippen LogP contribution in [0.2, 0.25) is 0 Å². The second-order valence-corrected chi connectivity index (χ2v) is 3.76. The second kappa shape index (κ2) is 10.6. The Bertz CT molecular complexity index is 204. The van der Waals surface area contributed by atoms with Gasteiger partial charge in [0, 0.05) is 12.3 Å². The molecule has 0 amide bonds. The topological polar surface area (TPSA) is 59.4 Å². The molecule has 0 aliphatic rings. The van der Waals surface area contributed by atoms with E-state index in [1.54, 1.807) is 0 Å². The van der Waals surface area contributed by atoms with E-state index in [4.69, 9.17) is 14.9 Å². The Balaban J connectivity index is 3.43. The Hall–Kier alpha value is -0.900. The first-order valence-electron chi connectivity index (χ1n) is 6.00. The summed E-state index contributed by atoms with van der Waals surface area (Å²) in [4.78, 5) is 11.2. The van der Waals surface area contributed by atoms with Gasteiger partial charge in [-0.2, -0.15) is 0 Å². The highest BCUT2D eigenvalue weighted by Crippen LogP contribution is 1.95. The minimum absolute atomic E-state index is 0.0514. The van der Waals surface area contributed by atoms with Gasteiger partial charge in [-0.1, -0.05) is 26.7 Å². The van der Waals surface area contributed by atoms with Crippen molar-refractivity contribution in [2.24, 2.45) is 0 Å². The molecule has 4 heteroatoms. The molecule has 0 aromatic heterocycles. The lowest BCUT2D eigenvalue weighted by molar-refractivity contribution is -0.142. The van der Waals surface area contributed by atoms with Crippen LogP contribution in [0.3, 0.4) is 0 Å². The summed E-state index contributed by atoms with van der Waals surface area (Å²) in [5, 5.41) is 7.51. The van der Waals surface area contributed by atoms with Crippen molar-refractivity contribution in [1.82, 2.24) is 0 Å². The monoisotopic (exact) mass is 229 g/mol. The summed E-state index contributed by atoms with van der Waals surface area (Å²) >= 11 is 0. The number of nitrogens with one attached hydrogen (secondary N) is 1. The van der Waals surface area contributed by atoms with Crippen molar-refractivity contribution in [2.45, 2.75) is 46.0 Å². The number of esters is 1. The molecule has 1 N–H and O–H groups in total. The number of ether oxygens (including phenoxy) is 2. The standard InChI is InChI=1S/C12H23NO3/c1-3-5-7-15-10-11(13)9-12(14)16-8-6-4-2/h13H,3-10H2,1-2H3. The van der Waals surface area contributed by atoms with Gasteiger partial charge in [0.1, 0.15) is 0 Å². The summed E-state index contributed by atoms with van der Waals surface area (Å²) in [5.41, 5.74) is 0.289. The molecular formula is C12H23NO3. The van der Waals surface area contributed by atoms with E-state index in [-0.39, 0.29) is 24.7 Å². The van der Waals surface area contributed by atoms with Crippen molar-refractivity contribution in [3.8, 4) is 0 Å². The fourth-order valence-corrected chi connectivity index (χ4v) is 1.05. The molecule has 0 bridgehead atoms. The molecule has 0 fully saturated rings. The Morgan fingerprint density at radius 3 is 2.38 bits per heavy atom. The third-order valence-corrected chi connectivity index (χ3v) is 2.04. The van der Waals surface area contributed by atoms with E-state index in [1.165, 1.54) is 0 Å². The fraction of sp³-hybridized carbons (Fsp3) is 0.833. The molecule has 0 unspecified atom stereocenters. The van der Waals surface area contributed by atoms with E-state index in [9.17, 15) is 4.79 Å². The van der Waals surface area contributed by atoms with Gasteiger partial charge in [0.25, 0.3) is 0 Å². The number of hydrogen-bond acceptors (Lipinski definition) is 4. The molecule has 94 valence electrons. The molecule has 0 spiro atoms. The third kappa shape index (κ3) is 9.65. The molecule has 4 nitrogen and oxygen atoms in total. The zero-order valence-corrected chi connectivity index (χ0v) is 10.4. The van der Waals surface area contributed by atoms with Crippen LogP contribution in [0.15, 0.2) is 0 Å². The van der Waals surface area contributed by atoms with E-state index in [0.717, 1.165) is 25.7 Å². The van der Waals surface area contributed by atoms with Crippen LogP contribution >= 0.6 is 0 Å². The molecule has 0 saturated heterocycles. The van der Waals surface area contributed by atoms with Gasteiger partial charge in [0.2, 0.25) is 0 Å². The first-order valence-corrected chi connectivity index (χ1v) is 6.00. The number of carbonyl (C=O) groups is 1. The van der Waals surface area contributed by atoms with Crippen molar-refractivity contribution in [3.63, 3.8) is 0 Å². The van der Waals surface area contributed by atoms with Crippen LogP contribution in [-0.4, -0.2) is 31.5 Å². The van der Waals surface area contributed by atoms with Gasteiger partial charge in [-0.05, 0) is 12.8 Å². The molecule has 0 atom stereocenters. The highest BCUT2D eigenvalue weighted by Gasteiger charge is 2.07. The SMILES string of the molecule is CCCCOCC(=N)CC(=O)OCCCC. The van der Waals surface area contributed by atoms with Gasteiger partial charge >= 0.3 is 5.97 Å². The van der Waals surface area contributed by atoms with Crippen molar-refractivity contribution in [2.75, 3.05) is 19.8 Å². The molecule has 0 aliphatic carbocycles. The summed E-state index contributed by atoms with van der Waals surface area (Å²) in [6.07, 6.45) is 4.01. The van der Waals surface area contributed by atoms with Crippen molar-refractivity contribution < 1.29 is 14.3 Å². The van der Waals surface area contributed by atoms with Crippen LogP contribution < -0.4 is 0 Å². The first kappa shape index (κ1) is 15.1. The van der Waals surface area contributed by atoms with E-state index in [0.29, 0.717) is 13.2 Å².